The van der Waals surface area contributed by atoms with Gasteiger partial charge in [-0.2, -0.15) is 0 Å². The Bertz CT molecular complexity index is 1190. The Hall–Kier alpha value is -2.93. The largest absolute Gasteiger partial charge is 0.480 e. The van der Waals surface area contributed by atoms with Gasteiger partial charge in [0.05, 0.1) is 12.2 Å². The maximum absolute atomic E-state index is 14.6. The van der Waals surface area contributed by atoms with Crippen molar-refractivity contribution in [3.05, 3.63) is 62.5 Å². The van der Waals surface area contributed by atoms with Gasteiger partial charge in [0.2, 0.25) is 0 Å². The number of esters is 1. The monoisotopic (exact) mass is 540 g/mol. The number of carbonyl (C=O) groups excluding carboxylic acids is 1. The van der Waals surface area contributed by atoms with Gasteiger partial charge in [-0.25, -0.2) is 23.4 Å². The summed E-state index contributed by atoms with van der Waals surface area (Å²) in [7, 11) is 0. The minimum Gasteiger partial charge on any atom is -0.480 e. The van der Waals surface area contributed by atoms with Crippen molar-refractivity contribution in [2.75, 3.05) is 32.8 Å². The summed E-state index contributed by atoms with van der Waals surface area (Å²) < 4.78 is 38.9. The number of hydrogen-bond acceptors (Lipinski definition) is 9. The van der Waals surface area contributed by atoms with E-state index in [9.17, 15) is 18.4 Å². The molecule has 1 aromatic carbocycles. The molecule has 1 aromatic heterocycles. The number of carbonyl (C=O) groups is 2. The van der Waals surface area contributed by atoms with E-state index < -0.39 is 42.7 Å². The molecule has 3 heterocycles. The Morgan fingerprint density at radius 1 is 1.36 bits per heavy atom. The van der Waals surface area contributed by atoms with E-state index in [4.69, 9.17) is 26.2 Å². The smallest absolute Gasteiger partial charge is 0.338 e. The van der Waals surface area contributed by atoms with Crippen LogP contribution in [-0.2, 0) is 19.1 Å². The van der Waals surface area contributed by atoms with E-state index in [1.54, 1.807) is 23.4 Å². The fourth-order valence-electron chi connectivity index (χ4n) is 4.06. The van der Waals surface area contributed by atoms with E-state index in [2.05, 4.69) is 15.3 Å². The first-order chi connectivity index (χ1) is 17.3. The van der Waals surface area contributed by atoms with Crippen LogP contribution in [0.1, 0.15) is 23.5 Å². The summed E-state index contributed by atoms with van der Waals surface area (Å²) in [6.45, 7) is 1.32. The summed E-state index contributed by atoms with van der Waals surface area (Å²) in [6.07, 6.45) is -0.729. The van der Waals surface area contributed by atoms with Crippen LogP contribution in [0.4, 0.5) is 8.78 Å². The standard InChI is InChI=1S/C23H23ClF2N4O5S/c1-2-34-23(33)19-16(9-30-8-15(26)17(10-30)35-11-18(31)32)28-21(22-27-5-6-36-22)29-20(19)13-4-3-12(25)7-14(13)24/h3-7,15,17,20H,2,8-11H2,1H3,(H,28,29)(H,31,32)/t15-,17+,20?/m1/s1. The molecule has 0 radical (unpaired) electrons. The summed E-state index contributed by atoms with van der Waals surface area (Å²) in [5.41, 5.74) is 0.933. The van der Waals surface area contributed by atoms with E-state index in [1.807, 2.05) is 0 Å². The number of hydrogen-bond donors (Lipinski definition) is 2. The number of nitrogens with zero attached hydrogens (tertiary/aromatic N) is 3. The molecule has 4 rings (SSSR count). The van der Waals surface area contributed by atoms with Gasteiger partial charge in [0.15, 0.2) is 10.8 Å². The Morgan fingerprint density at radius 3 is 2.83 bits per heavy atom. The molecule has 1 saturated heterocycles. The molecule has 0 amide bonds. The molecule has 13 heteroatoms. The normalized spacial score (nSPS) is 22.3. The fraction of sp³-hybridized carbons (Fsp3) is 0.391. The third kappa shape index (κ3) is 5.89. The number of likely N-dealkylation sites (tertiary alicyclic amines) is 1. The molecule has 2 N–H and O–H groups in total. The number of rotatable bonds is 9. The van der Waals surface area contributed by atoms with Crippen LogP contribution in [-0.4, -0.2) is 77.9 Å². The summed E-state index contributed by atoms with van der Waals surface area (Å²) in [4.78, 5) is 34.6. The fourth-order valence-corrected chi connectivity index (χ4v) is 4.92. The van der Waals surface area contributed by atoms with Gasteiger partial charge in [-0.3, -0.25) is 9.89 Å². The highest BCUT2D eigenvalue weighted by Gasteiger charge is 2.38. The third-order valence-corrected chi connectivity index (χ3v) is 6.70. The number of aliphatic imine (C=N–C) groups is 1. The molecule has 2 aliphatic rings. The number of aromatic nitrogens is 1. The molecule has 3 atom stereocenters. The molecule has 192 valence electrons. The zero-order chi connectivity index (χ0) is 25.8. The maximum atomic E-state index is 14.6. The number of nitrogens with one attached hydrogen (secondary N) is 1. The predicted octanol–water partition coefficient (Wildman–Crippen LogP) is 2.97. The molecule has 2 aliphatic heterocycles. The van der Waals surface area contributed by atoms with Crippen molar-refractivity contribution < 1.29 is 33.0 Å². The first-order valence-electron chi connectivity index (χ1n) is 11.1. The summed E-state index contributed by atoms with van der Waals surface area (Å²) in [6, 6.07) is 2.88. The third-order valence-electron chi connectivity index (χ3n) is 5.59. The molecule has 0 bridgehead atoms. The van der Waals surface area contributed by atoms with Gasteiger partial charge in [0.25, 0.3) is 0 Å². The second kappa shape index (κ2) is 11.4. The lowest BCUT2D eigenvalue weighted by Crippen LogP contribution is -2.39. The van der Waals surface area contributed by atoms with Crippen LogP contribution >= 0.6 is 22.9 Å². The number of aliphatic carboxylic acids is 1. The van der Waals surface area contributed by atoms with Crippen molar-refractivity contribution in [2.45, 2.75) is 25.2 Å². The lowest BCUT2D eigenvalue weighted by molar-refractivity contribution is -0.145. The number of carboxylic acid groups (broad SMARTS) is 1. The first kappa shape index (κ1) is 26.1. The van der Waals surface area contributed by atoms with E-state index in [-0.39, 0.29) is 36.8 Å². The molecule has 2 aromatic rings. The van der Waals surface area contributed by atoms with Crippen molar-refractivity contribution in [3.8, 4) is 0 Å². The van der Waals surface area contributed by atoms with Crippen molar-refractivity contribution in [3.63, 3.8) is 0 Å². The van der Waals surface area contributed by atoms with Gasteiger partial charge in [-0.15, -0.1) is 11.3 Å². The van der Waals surface area contributed by atoms with Crippen LogP contribution in [0, 0.1) is 5.82 Å². The van der Waals surface area contributed by atoms with Crippen molar-refractivity contribution in [2.24, 2.45) is 4.99 Å². The zero-order valence-electron chi connectivity index (χ0n) is 19.1. The van der Waals surface area contributed by atoms with Gasteiger partial charge in [-0.05, 0) is 19.1 Å². The average Bonchev–Trinajstić information content (AvgIpc) is 3.47. The van der Waals surface area contributed by atoms with Crippen molar-refractivity contribution in [1.82, 2.24) is 15.2 Å². The van der Waals surface area contributed by atoms with Crippen LogP contribution < -0.4 is 5.32 Å². The van der Waals surface area contributed by atoms with E-state index in [1.165, 1.54) is 23.5 Å². The quantitative estimate of drug-likeness (QED) is 0.467. The Kier molecular flexibility index (Phi) is 8.29. The molecular formula is C23H23ClF2N4O5S. The molecule has 0 spiro atoms. The van der Waals surface area contributed by atoms with Gasteiger partial charge >= 0.3 is 11.9 Å². The predicted molar refractivity (Wildman–Crippen MR) is 128 cm³/mol. The molecule has 0 saturated carbocycles. The second-order valence-corrected chi connectivity index (χ2v) is 9.38. The van der Waals surface area contributed by atoms with Crippen molar-refractivity contribution >= 4 is 40.7 Å². The summed E-state index contributed by atoms with van der Waals surface area (Å²) >= 11 is 7.68. The molecule has 1 fully saturated rings. The molecule has 9 nitrogen and oxygen atoms in total. The van der Waals surface area contributed by atoms with Gasteiger partial charge < -0.3 is 19.9 Å². The minimum absolute atomic E-state index is 0.0305. The van der Waals surface area contributed by atoms with Gasteiger partial charge in [0, 0.05) is 47.5 Å². The van der Waals surface area contributed by atoms with Gasteiger partial charge in [0.1, 0.15) is 30.7 Å². The highest BCUT2D eigenvalue weighted by molar-refractivity contribution is 7.11. The maximum Gasteiger partial charge on any atom is 0.338 e. The van der Waals surface area contributed by atoms with Crippen LogP contribution in [0.25, 0.3) is 0 Å². The number of ether oxygens (including phenoxy) is 2. The van der Waals surface area contributed by atoms with Gasteiger partial charge in [-0.1, -0.05) is 17.7 Å². The van der Waals surface area contributed by atoms with Crippen LogP contribution in [0.3, 0.4) is 0 Å². The van der Waals surface area contributed by atoms with E-state index in [0.717, 1.165) is 6.07 Å². The number of halogens is 3. The number of thiazole rings is 1. The highest BCUT2D eigenvalue weighted by atomic mass is 35.5. The van der Waals surface area contributed by atoms with Crippen LogP contribution in [0.2, 0.25) is 5.02 Å². The number of amidine groups is 1. The number of alkyl halides is 1. The lowest BCUT2D eigenvalue weighted by Gasteiger charge is -2.29. The van der Waals surface area contributed by atoms with Crippen LogP contribution in [0.15, 0.2) is 46.0 Å². The first-order valence-corrected chi connectivity index (χ1v) is 12.3. The summed E-state index contributed by atoms with van der Waals surface area (Å²) in [5, 5.41) is 14.4. The highest BCUT2D eigenvalue weighted by Crippen LogP contribution is 2.37. The van der Waals surface area contributed by atoms with E-state index >= 15 is 0 Å². The Labute approximate surface area is 214 Å². The lowest BCUT2D eigenvalue weighted by atomic mass is 9.95. The Morgan fingerprint density at radius 2 is 2.17 bits per heavy atom. The van der Waals surface area contributed by atoms with Crippen molar-refractivity contribution in [1.29, 1.82) is 0 Å². The topological polar surface area (TPSA) is 113 Å². The molecule has 0 aliphatic carbocycles. The molecule has 1 unspecified atom stereocenters. The zero-order valence-corrected chi connectivity index (χ0v) is 20.7. The Balaban J connectivity index is 1.72. The SMILES string of the molecule is CCOC(=O)C1=C(CN2C[C@@H](F)[C@@H](OCC(=O)O)C2)NC(c2nccs2)=NC1c1ccc(F)cc1Cl. The molecule has 36 heavy (non-hydrogen) atoms. The summed E-state index contributed by atoms with van der Waals surface area (Å²) in [5.74, 6) is -2.01. The second-order valence-electron chi connectivity index (χ2n) is 8.07. The number of carboxylic acids is 1. The van der Waals surface area contributed by atoms with E-state index in [0.29, 0.717) is 22.1 Å². The van der Waals surface area contributed by atoms with Crippen LogP contribution in [0.5, 0.6) is 0 Å². The number of benzene rings is 1. The minimum atomic E-state index is -1.41. The average molecular weight is 541 g/mol. The molecular weight excluding hydrogens is 518 g/mol.